The summed E-state index contributed by atoms with van der Waals surface area (Å²) in [5, 5.41) is 28.6. The molecular weight excluding hydrogens is 354 g/mol. The van der Waals surface area contributed by atoms with Gasteiger partial charge in [0, 0.05) is 14.1 Å². The van der Waals surface area contributed by atoms with Crippen LogP contribution in [0.3, 0.4) is 0 Å². The van der Waals surface area contributed by atoms with Gasteiger partial charge in [0.05, 0.1) is 38.4 Å². The molecule has 1 fully saturated rings. The quantitative estimate of drug-likeness (QED) is 0.375. The fraction of sp³-hybridized carbons (Fsp3) is 0.562. The van der Waals surface area contributed by atoms with Gasteiger partial charge in [-0.05, 0) is 0 Å². The van der Waals surface area contributed by atoms with Gasteiger partial charge in [-0.2, -0.15) is 5.26 Å². The highest BCUT2D eigenvalue weighted by atomic mass is 16.6. The first-order chi connectivity index (χ1) is 13.1. The Morgan fingerprint density at radius 3 is 2.96 bits per heavy atom. The normalized spacial score (nSPS) is 25.3. The predicted molar refractivity (Wildman–Crippen MR) is 94.1 cm³/mol. The SMILES string of the molecule is CN(C)C=Nc1ncnc2c1ncn2[C@@H]1O[C@H](CO)[C@@H](O)[C@H]1OCCC#N. The minimum absolute atomic E-state index is 0.135. The van der Waals surface area contributed by atoms with E-state index in [4.69, 9.17) is 14.7 Å². The Bertz CT molecular complexity index is 847. The zero-order valence-electron chi connectivity index (χ0n) is 15.0. The van der Waals surface area contributed by atoms with Crippen LogP contribution in [-0.2, 0) is 9.47 Å². The lowest BCUT2D eigenvalue weighted by atomic mass is 10.1. The molecule has 144 valence electrons. The minimum atomic E-state index is -1.05. The second kappa shape index (κ2) is 8.36. The zero-order chi connectivity index (χ0) is 19.4. The van der Waals surface area contributed by atoms with E-state index in [-0.39, 0.29) is 19.6 Å². The van der Waals surface area contributed by atoms with Crippen LogP contribution in [0, 0.1) is 11.3 Å². The van der Waals surface area contributed by atoms with Crippen LogP contribution in [0.4, 0.5) is 5.82 Å². The van der Waals surface area contributed by atoms with Crippen molar-refractivity contribution in [2.45, 2.75) is 31.0 Å². The van der Waals surface area contributed by atoms with Crippen LogP contribution in [0.2, 0.25) is 0 Å². The lowest BCUT2D eigenvalue weighted by molar-refractivity contribution is -0.0693. The molecule has 3 heterocycles. The molecule has 0 radical (unpaired) electrons. The lowest BCUT2D eigenvalue weighted by Gasteiger charge is -2.21. The number of imidazole rings is 1. The van der Waals surface area contributed by atoms with Crippen molar-refractivity contribution >= 4 is 23.3 Å². The third-order valence-electron chi connectivity index (χ3n) is 4.04. The van der Waals surface area contributed by atoms with Crippen LogP contribution >= 0.6 is 0 Å². The molecule has 0 aliphatic carbocycles. The molecule has 3 rings (SSSR count). The van der Waals surface area contributed by atoms with Gasteiger partial charge in [0.2, 0.25) is 0 Å². The molecule has 4 atom stereocenters. The Balaban J connectivity index is 1.95. The fourth-order valence-corrected chi connectivity index (χ4v) is 2.80. The molecule has 0 aromatic carbocycles. The summed E-state index contributed by atoms with van der Waals surface area (Å²) in [6, 6.07) is 1.99. The Labute approximate surface area is 155 Å². The molecule has 0 amide bonds. The summed E-state index contributed by atoms with van der Waals surface area (Å²) >= 11 is 0. The van der Waals surface area contributed by atoms with Gasteiger partial charge >= 0.3 is 0 Å². The summed E-state index contributed by atoms with van der Waals surface area (Å²) in [4.78, 5) is 18.8. The van der Waals surface area contributed by atoms with Crippen LogP contribution in [0.15, 0.2) is 17.6 Å². The van der Waals surface area contributed by atoms with Crippen molar-refractivity contribution in [3.05, 3.63) is 12.7 Å². The summed E-state index contributed by atoms with van der Waals surface area (Å²) in [6.07, 6.45) is 1.24. The Morgan fingerprint density at radius 2 is 2.26 bits per heavy atom. The van der Waals surface area contributed by atoms with E-state index in [1.54, 1.807) is 15.8 Å². The van der Waals surface area contributed by atoms with E-state index in [1.165, 1.54) is 12.7 Å². The largest absolute Gasteiger partial charge is 0.394 e. The van der Waals surface area contributed by atoms with Crippen molar-refractivity contribution in [1.29, 1.82) is 5.26 Å². The van der Waals surface area contributed by atoms with E-state index in [2.05, 4.69) is 19.9 Å². The van der Waals surface area contributed by atoms with Crippen LogP contribution in [0.5, 0.6) is 0 Å². The molecular formula is C16H21N7O4. The number of aliphatic imine (C=N–C) groups is 1. The van der Waals surface area contributed by atoms with E-state index in [1.807, 2.05) is 20.2 Å². The Morgan fingerprint density at radius 1 is 1.44 bits per heavy atom. The van der Waals surface area contributed by atoms with E-state index < -0.39 is 24.5 Å². The van der Waals surface area contributed by atoms with Gasteiger partial charge in [0.25, 0.3) is 0 Å². The monoisotopic (exact) mass is 375 g/mol. The average molecular weight is 375 g/mol. The first-order valence-corrected chi connectivity index (χ1v) is 8.38. The number of aliphatic hydroxyl groups is 2. The predicted octanol–water partition coefficient (Wildman–Crippen LogP) is -0.403. The lowest BCUT2D eigenvalue weighted by Crippen LogP contribution is -2.35. The number of nitriles is 1. The summed E-state index contributed by atoms with van der Waals surface area (Å²) in [7, 11) is 3.68. The maximum absolute atomic E-state index is 10.4. The number of fused-ring (bicyclic) bond motifs is 1. The van der Waals surface area contributed by atoms with E-state index in [0.29, 0.717) is 17.0 Å². The number of aliphatic hydroxyl groups excluding tert-OH is 2. The molecule has 1 saturated heterocycles. The highest BCUT2D eigenvalue weighted by Gasteiger charge is 2.45. The molecule has 0 bridgehead atoms. The van der Waals surface area contributed by atoms with E-state index >= 15 is 0 Å². The second-order valence-corrected chi connectivity index (χ2v) is 6.21. The average Bonchev–Trinajstić information content (AvgIpc) is 3.22. The maximum Gasteiger partial charge on any atom is 0.184 e. The topological polar surface area (TPSA) is 142 Å². The molecule has 2 aromatic heterocycles. The summed E-state index contributed by atoms with van der Waals surface area (Å²) < 4.78 is 13.0. The summed E-state index contributed by atoms with van der Waals surface area (Å²) in [5.74, 6) is 0.395. The number of aromatic nitrogens is 4. The van der Waals surface area contributed by atoms with Crippen molar-refractivity contribution in [1.82, 2.24) is 24.4 Å². The van der Waals surface area contributed by atoms with Crippen molar-refractivity contribution in [3.63, 3.8) is 0 Å². The van der Waals surface area contributed by atoms with Crippen molar-refractivity contribution in [2.75, 3.05) is 27.3 Å². The molecule has 0 saturated carbocycles. The maximum atomic E-state index is 10.4. The van der Waals surface area contributed by atoms with Crippen molar-refractivity contribution in [2.24, 2.45) is 4.99 Å². The molecule has 11 nitrogen and oxygen atoms in total. The Hall–Kier alpha value is -2.65. The van der Waals surface area contributed by atoms with Gasteiger partial charge in [-0.3, -0.25) is 4.57 Å². The van der Waals surface area contributed by atoms with Gasteiger partial charge in [0.15, 0.2) is 23.2 Å². The van der Waals surface area contributed by atoms with Gasteiger partial charge < -0.3 is 24.6 Å². The van der Waals surface area contributed by atoms with Crippen molar-refractivity contribution in [3.8, 4) is 6.07 Å². The molecule has 1 aliphatic rings. The number of ether oxygens (including phenoxy) is 2. The van der Waals surface area contributed by atoms with Gasteiger partial charge in [0.1, 0.15) is 24.6 Å². The minimum Gasteiger partial charge on any atom is -0.394 e. The smallest absolute Gasteiger partial charge is 0.184 e. The third-order valence-corrected chi connectivity index (χ3v) is 4.04. The zero-order valence-corrected chi connectivity index (χ0v) is 15.0. The van der Waals surface area contributed by atoms with Gasteiger partial charge in [-0.25, -0.2) is 19.9 Å². The number of hydrogen-bond donors (Lipinski definition) is 2. The van der Waals surface area contributed by atoms with Crippen LogP contribution in [0.25, 0.3) is 11.2 Å². The highest BCUT2D eigenvalue weighted by molar-refractivity contribution is 5.82. The van der Waals surface area contributed by atoms with Crippen molar-refractivity contribution < 1.29 is 19.7 Å². The van der Waals surface area contributed by atoms with Gasteiger partial charge in [-0.15, -0.1) is 0 Å². The standard InChI is InChI=1S/C16H21N7O4/c1-22(2)8-21-14-11-15(19-7-18-14)23(9-20-11)16-13(26-5-3-4-17)12(25)10(6-24)27-16/h7-10,12-13,16,24-25H,3,5-6H2,1-2H3/t10-,12-,13-,16-/m1/s1. The number of hydrogen-bond acceptors (Lipinski definition) is 9. The third kappa shape index (κ3) is 3.88. The first kappa shape index (κ1) is 19.1. The highest BCUT2D eigenvalue weighted by Crippen LogP contribution is 2.34. The molecule has 2 N–H and O–H groups in total. The summed E-state index contributed by atoms with van der Waals surface area (Å²) in [5.41, 5.74) is 0.928. The van der Waals surface area contributed by atoms with Crippen LogP contribution < -0.4 is 0 Å². The van der Waals surface area contributed by atoms with E-state index in [0.717, 1.165) is 0 Å². The molecule has 0 spiro atoms. The second-order valence-electron chi connectivity index (χ2n) is 6.21. The molecule has 27 heavy (non-hydrogen) atoms. The van der Waals surface area contributed by atoms with Crippen LogP contribution in [-0.4, -0.2) is 86.6 Å². The summed E-state index contributed by atoms with van der Waals surface area (Å²) in [6.45, 7) is -0.230. The number of nitrogens with zero attached hydrogens (tertiary/aromatic N) is 7. The first-order valence-electron chi connectivity index (χ1n) is 8.38. The van der Waals surface area contributed by atoms with E-state index in [9.17, 15) is 10.2 Å². The van der Waals surface area contributed by atoms with Crippen LogP contribution in [0.1, 0.15) is 12.6 Å². The molecule has 0 unspecified atom stereocenters. The number of rotatable bonds is 7. The van der Waals surface area contributed by atoms with Gasteiger partial charge in [-0.1, -0.05) is 0 Å². The molecule has 11 heteroatoms. The molecule has 2 aromatic rings. The fourth-order valence-electron chi connectivity index (χ4n) is 2.80. The molecule has 1 aliphatic heterocycles. The Kier molecular flexibility index (Phi) is 5.92.